The van der Waals surface area contributed by atoms with E-state index in [4.69, 9.17) is 14.2 Å². The lowest BCUT2D eigenvalue weighted by Crippen LogP contribution is -2.49. The minimum absolute atomic E-state index is 0.0281. The van der Waals surface area contributed by atoms with Crippen molar-refractivity contribution < 1.29 is 33.0 Å². The van der Waals surface area contributed by atoms with Crippen LogP contribution in [0.2, 0.25) is 0 Å². The molecule has 1 aromatic rings. The molecule has 0 aliphatic rings. The number of hydrogen-bond acceptors (Lipinski definition) is 6. The minimum Gasteiger partial charge on any atom is -0.458 e. The van der Waals surface area contributed by atoms with Gasteiger partial charge in [-0.05, 0) is 47.1 Å². The van der Waals surface area contributed by atoms with Crippen LogP contribution in [-0.4, -0.2) is 53.4 Å². The second-order valence-corrected chi connectivity index (χ2v) is 8.70. The summed E-state index contributed by atoms with van der Waals surface area (Å²) in [6.45, 7) is 8.99. The second-order valence-electron chi connectivity index (χ2n) is 8.70. The first kappa shape index (κ1) is 25.4. The zero-order valence-electron chi connectivity index (χ0n) is 18.7. The van der Waals surface area contributed by atoms with E-state index in [0.29, 0.717) is 0 Å². The van der Waals surface area contributed by atoms with E-state index < -0.39 is 41.4 Å². The number of esters is 2. The van der Waals surface area contributed by atoms with Crippen LogP contribution >= 0.6 is 0 Å². The Morgan fingerprint density at radius 3 is 2.10 bits per heavy atom. The highest BCUT2D eigenvalue weighted by Gasteiger charge is 2.37. The molecular weight excluding hydrogens is 393 g/mol. The molecule has 8 heteroatoms. The Kier molecular flexibility index (Phi) is 8.81. The standard InChI is InChI=1S/C22H32FNO6/c1-15(18(25)28-14-16-11-9-8-10-12-16)29-19(26)17(13-22(5,6)23)24(7)20(27)30-21(2,3)4/h8-12,15,17H,13-14H2,1-7H3. The number of rotatable bonds is 8. The highest BCUT2D eigenvalue weighted by atomic mass is 19.1. The largest absolute Gasteiger partial charge is 0.458 e. The van der Waals surface area contributed by atoms with Crippen molar-refractivity contribution in [2.75, 3.05) is 7.05 Å². The summed E-state index contributed by atoms with van der Waals surface area (Å²) in [5.41, 5.74) is -1.78. The van der Waals surface area contributed by atoms with Crippen LogP contribution in [0.1, 0.15) is 53.5 Å². The highest BCUT2D eigenvalue weighted by Crippen LogP contribution is 2.22. The van der Waals surface area contributed by atoms with Crippen LogP contribution in [0.15, 0.2) is 30.3 Å². The topological polar surface area (TPSA) is 82.1 Å². The molecule has 2 unspecified atom stereocenters. The van der Waals surface area contributed by atoms with Gasteiger partial charge in [0.2, 0.25) is 0 Å². The van der Waals surface area contributed by atoms with Crippen molar-refractivity contribution in [1.82, 2.24) is 4.90 Å². The molecular formula is C22H32FNO6. The lowest BCUT2D eigenvalue weighted by molar-refractivity contribution is -0.170. The maximum absolute atomic E-state index is 14.3. The number of alkyl halides is 1. The number of halogens is 1. The molecule has 0 saturated carbocycles. The maximum Gasteiger partial charge on any atom is 0.410 e. The Morgan fingerprint density at radius 1 is 1.03 bits per heavy atom. The Balaban J connectivity index is 2.80. The third kappa shape index (κ3) is 9.24. The molecule has 0 saturated heterocycles. The highest BCUT2D eigenvalue weighted by molar-refractivity contribution is 5.84. The number of amides is 1. The van der Waals surface area contributed by atoms with Gasteiger partial charge < -0.3 is 14.2 Å². The monoisotopic (exact) mass is 425 g/mol. The summed E-state index contributed by atoms with van der Waals surface area (Å²) >= 11 is 0. The molecule has 0 bridgehead atoms. The number of likely N-dealkylation sites (N-methyl/N-ethyl adjacent to an activating group) is 1. The van der Waals surface area contributed by atoms with E-state index in [1.807, 2.05) is 18.2 Å². The molecule has 0 heterocycles. The molecule has 0 aliphatic carbocycles. The average molecular weight is 425 g/mol. The summed E-state index contributed by atoms with van der Waals surface area (Å²) in [6, 6.07) is 7.76. The van der Waals surface area contributed by atoms with E-state index in [2.05, 4.69) is 0 Å². The van der Waals surface area contributed by atoms with Crippen molar-refractivity contribution in [2.45, 2.75) is 78.0 Å². The predicted octanol–water partition coefficient (Wildman–Crippen LogP) is 4.04. The summed E-state index contributed by atoms with van der Waals surface area (Å²) in [5.74, 6) is -1.66. The minimum atomic E-state index is -1.77. The van der Waals surface area contributed by atoms with Gasteiger partial charge in [-0.25, -0.2) is 18.8 Å². The number of nitrogens with zero attached hydrogens (tertiary/aromatic N) is 1. The van der Waals surface area contributed by atoms with E-state index in [1.54, 1.807) is 32.9 Å². The summed E-state index contributed by atoms with van der Waals surface area (Å²) in [6.07, 6.45) is -2.35. The van der Waals surface area contributed by atoms with Gasteiger partial charge in [-0.15, -0.1) is 0 Å². The number of benzene rings is 1. The van der Waals surface area contributed by atoms with Gasteiger partial charge >= 0.3 is 18.0 Å². The van der Waals surface area contributed by atoms with Crippen LogP contribution < -0.4 is 0 Å². The molecule has 0 aliphatic heterocycles. The Hall–Kier alpha value is -2.64. The first-order valence-corrected chi connectivity index (χ1v) is 9.75. The summed E-state index contributed by atoms with van der Waals surface area (Å²) in [7, 11) is 1.32. The average Bonchev–Trinajstić information content (AvgIpc) is 2.62. The molecule has 2 atom stereocenters. The SMILES string of the molecule is CC(OC(=O)C(CC(C)(C)F)N(C)C(=O)OC(C)(C)C)C(=O)OCc1ccccc1. The van der Waals surface area contributed by atoms with Crippen LogP contribution in [0.3, 0.4) is 0 Å². The van der Waals surface area contributed by atoms with Gasteiger partial charge in [0, 0.05) is 13.5 Å². The molecule has 1 aromatic carbocycles. The van der Waals surface area contributed by atoms with Crippen molar-refractivity contribution in [3.63, 3.8) is 0 Å². The van der Waals surface area contributed by atoms with Gasteiger partial charge in [0.05, 0.1) is 0 Å². The predicted molar refractivity (Wildman–Crippen MR) is 109 cm³/mol. The molecule has 7 nitrogen and oxygen atoms in total. The zero-order chi connectivity index (χ0) is 23.1. The van der Waals surface area contributed by atoms with Crippen molar-refractivity contribution >= 4 is 18.0 Å². The van der Waals surface area contributed by atoms with E-state index >= 15 is 0 Å². The lowest BCUT2D eigenvalue weighted by atomic mass is 10.00. The van der Waals surface area contributed by atoms with Crippen molar-refractivity contribution in [1.29, 1.82) is 0 Å². The van der Waals surface area contributed by atoms with Crippen molar-refractivity contribution in [3.05, 3.63) is 35.9 Å². The quantitative estimate of drug-likeness (QED) is 0.462. The van der Waals surface area contributed by atoms with Crippen LogP contribution in [-0.2, 0) is 30.4 Å². The van der Waals surface area contributed by atoms with E-state index in [-0.39, 0.29) is 13.0 Å². The number of ether oxygens (including phenoxy) is 3. The molecule has 0 N–H and O–H groups in total. The van der Waals surface area contributed by atoms with Crippen LogP contribution in [0.25, 0.3) is 0 Å². The zero-order valence-corrected chi connectivity index (χ0v) is 18.7. The smallest absolute Gasteiger partial charge is 0.410 e. The van der Waals surface area contributed by atoms with Gasteiger partial charge in [-0.2, -0.15) is 0 Å². The third-order valence-corrected chi connectivity index (χ3v) is 3.95. The van der Waals surface area contributed by atoms with Crippen LogP contribution in [0.4, 0.5) is 9.18 Å². The molecule has 168 valence electrons. The van der Waals surface area contributed by atoms with Crippen LogP contribution in [0, 0.1) is 0 Å². The molecule has 30 heavy (non-hydrogen) atoms. The first-order valence-electron chi connectivity index (χ1n) is 9.75. The molecule has 1 rings (SSSR count). The van der Waals surface area contributed by atoms with E-state index in [1.165, 1.54) is 27.8 Å². The van der Waals surface area contributed by atoms with Crippen molar-refractivity contribution in [2.24, 2.45) is 0 Å². The molecule has 0 fully saturated rings. The fraction of sp³-hybridized carbons (Fsp3) is 0.591. The van der Waals surface area contributed by atoms with E-state index in [9.17, 15) is 18.8 Å². The summed E-state index contributed by atoms with van der Waals surface area (Å²) < 4.78 is 29.9. The van der Waals surface area contributed by atoms with Crippen LogP contribution in [0.5, 0.6) is 0 Å². The molecule has 0 radical (unpaired) electrons. The van der Waals surface area contributed by atoms with Gasteiger partial charge in [0.1, 0.15) is 23.9 Å². The second kappa shape index (κ2) is 10.4. The lowest BCUT2D eigenvalue weighted by Gasteiger charge is -2.32. The van der Waals surface area contributed by atoms with Crippen molar-refractivity contribution in [3.8, 4) is 0 Å². The number of carbonyl (C=O) groups excluding carboxylic acids is 3. The van der Waals surface area contributed by atoms with Gasteiger partial charge in [-0.1, -0.05) is 30.3 Å². The van der Waals surface area contributed by atoms with Gasteiger partial charge in [0.25, 0.3) is 0 Å². The third-order valence-electron chi connectivity index (χ3n) is 3.95. The fourth-order valence-corrected chi connectivity index (χ4v) is 2.45. The number of hydrogen-bond donors (Lipinski definition) is 0. The molecule has 0 spiro atoms. The van der Waals surface area contributed by atoms with Gasteiger partial charge in [0.15, 0.2) is 6.10 Å². The Bertz CT molecular complexity index is 723. The Labute approximate surface area is 177 Å². The maximum atomic E-state index is 14.3. The normalized spacial score (nSPS) is 13.7. The fourth-order valence-electron chi connectivity index (χ4n) is 2.45. The molecule has 1 amide bonds. The van der Waals surface area contributed by atoms with Gasteiger partial charge in [-0.3, -0.25) is 4.90 Å². The summed E-state index contributed by atoms with van der Waals surface area (Å²) in [4.78, 5) is 38.2. The van der Waals surface area contributed by atoms with E-state index in [0.717, 1.165) is 10.5 Å². The molecule has 0 aromatic heterocycles. The summed E-state index contributed by atoms with van der Waals surface area (Å²) in [5, 5.41) is 0. The number of carbonyl (C=O) groups is 3. The first-order chi connectivity index (χ1) is 13.7. The Morgan fingerprint density at radius 2 is 1.60 bits per heavy atom.